The first kappa shape index (κ1) is 9.88. The maximum Gasteiger partial charge on any atom is 0.109 e. The molecule has 0 radical (unpaired) electrons. The molecule has 14 heavy (non-hydrogen) atoms. The third-order valence-electron chi connectivity index (χ3n) is 2.23. The second kappa shape index (κ2) is 3.84. The first-order valence-electron chi connectivity index (χ1n) is 4.53. The summed E-state index contributed by atoms with van der Waals surface area (Å²) in [5, 5.41) is 0. The van der Waals surface area contributed by atoms with Gasteiger partial charge < -0.3 is 0 Å². The van der Waals surface area contributed by atoms with Crippen molar-refractivity contribution in [2.45, 2.75) is 10.6 Å². The minimum atomic E-state index is -0.502. The Bertz CT molecular complexity index is 377. The zero-order chi connectivity index (χ0) is 10.0. The Morgan fingerprint density at radius 3 is 2.50 bits per heavy atom. The highest BCUT2D eigenvalue weighted by atomic mass is 35.5. The van der Waals surface area contributed by atoms with Gasteiger partial charge in [-0.15, -0.1) is 11.6 Å². The molecular weight excluding hydrogens is 212 g/mol. The SMILES string of the molecule is SC1(Cl)C=CC(c2ccccc2)=CC1. The van der Waals surface area contributed by atoms with E-state index in [0.717, 1.165) is 6.42 Å². The normalized spacial score (nSPS) is 26.0. The van der Waals surface area contributed by atoms with E-state index in [9.17, 15) is 0 Å². The number of benzene rings is 1. The standard InChI is InChI=1S/C12H11ClS/c13-12(14)8-6-11(7-9-12)10-4-2-1-3-5-10/h1-8,14H,9H2. The van der Waals surface area contributed by atoms with Gasteiger partial charge in [-0.25, -0.2) is 0 Å². The van der Waals surface area contributed by atoms with E-state index >= 15 is 0 Å². The number of thiol groups is 1. The van der Waals surface area contributed by atoms with Gasteiger partial charge in [-0.05, 0) is 17.6 Å². The van der Waals surface area contributed by atoms with Gasteiger partial charge in [0, 0.05) is 0 Å². The molecule has 2 heteroatoms. The fourth-order valence-corrected chi connectivity index (χ4v) is 1.76. The van der Waals surface area contributed by atoms with Crippen molar-refractivity contribution in [3.8, 4) is 0 Å². The number of allylic oxidation sites excluding steroid dienone is 3. The van der Waals surface area contributed by atoms with Crippen LogP contribution < -0.4 is 0 Å². The molecule has 0 saturated heterocycles. The number of halogens is 1. The Labute approximate surface area is 94.7 Å². The van der Waals surface area contributed by atoms with Crippen LogP contribution in [0.25, 0.3) is 5.57 Å². The van der Waals surface area contributed by atoms with Crippen molar-refractivity contribution >= 4 is 29.8 Å². The summed E-state index contributed by atoms with van der Waals surface area (Å²) in [5.41, 5.74) is 2.44. The molecule has 1 atom stereocenters. The first-order valence-corrected chi connectivity index (χ1v) is 5.36. The summed E-state index contributed by atoms with van der Waals surface area (Å²) in [6.07, 6.45) is 6.84. The van der Waals surface area contributed by atoms with Crippen molar-refractivity contribution in [2.24, 2.45) is 0 Å². The molecule has 0 nitrogen and oxygen atoms in total. The summed E-state index contributed by atoms with van der Waals surface area (Å²) < 4.78 is -0.502. The Hall–Kier alpha value is -0.660. The first-order chi connectivity index (χ1) is 6.67. The lowest BCUT2D eigenvalue weighted by Gasteiger charge is -2.19. The van der Waals surface area contributed by atoms with E-state index in [-0.39, 0.29) is 0 Å². The fraction of sp³-hybridized carbons (Fsp3) is 0.167. The Balaban J connectivity index is 2.25. The van der Waals surface area contributed by atoms with Crippen LogP contribution >= 0.6 is 24.2 Å². The fourth-order valence-electron chi connectivity index (χ4n) is 1.45. The maximum absolute atomic E-state index is 6.06. The van der Waals surface area contributed by atoms with Gasteiger partial charge in [0.15, 0.2) is 0 Å². The van der Waals surface area contributed by atoms with Gasteiger partial charge in [-0.2, -0.15) is 12.6 Å². The summed E-state index contributed by atoms with van der Waals surface area (Å²) in [5.74, 6) is 0. The van der Waals surface area contributed by atoms with Gasteiger partial charge in [-0.1, -0.05) is 48.6 Å². The minimum absolute atomic E-state index is 0.502. The monoisotopic (exact) mass is 222 g/mol. The molecule has 0 aliphatic heterocycles. The van der Waals surface area contributed by atoms with Crippen molar-refractivity contribution in [1.82, 2.24) is 0 Å². The van der Waals surface area contributed by atoms with Crippen molar-refractivity contribution in [1.29, 1.82) is 0 Å². The highest BCUT2D eigenvalue weighted by Gasteiger charge is 2.19. The lowest BCUT2D eigenvalue weighted by molar-refractivity contribution is 0.988. The quantitative estimate of drug-likeness (QED) is 0.541. The molecule has 1 aromatic carbocycles. The van der Waals surface area contributed by atoms with E-state index in [2.05, 4.69) is 30.8 Å². The molecule has 0 saturated carbocycles. The third kappa shape index (κ3) is 2.23. The molecule has 2 rings (SSSR count). The lowest BCUT2D eigenvalue weighted by Crippen LogP contribution is -2.09. The average Bonchev–Trinajstić information content (AvgIpc) is 2.19. The van der Waals surface area contributed by atoms with Crippen molar-refractivity contribution in [2.75, 3.05) is 0 Å². The van der Waals surface area contributed by atoms with E-state index in [1.54, 1.807) is 0 Å². The molecule has 0 heterocycles. The van der Waals surface area contributed by atoms with Crippen LogP contribution in [0.5, 0.6) is 0 Å². The number of hydrogen-bond acceptors (Lipinski definition) is 1. The lowest BCUT2D eigenvalue weighted by atomic mass is 9.99. The largest absolute Gasteiger partial charge is 0.152 e. The molecule has 0 bridgehead atoms. The van der Waals surface area contributed by atoms with Crippen LogP contribution in [0.4, 0.5) is 0 Å². The van der Waals surface area contributed by atoms with Crippen LogP contribution in [0.2, 0.25) is 0 Å². The van der Waals surface area contributed by atoms with Crippen molar-refractivity contribution in [3.63, 3.8) is 0 Å². The Kier molecular flexibility index (Phi) is 2.71. The summed E-state index contributed by atoms with van der Waals surface area (Å²) in [4.78, 5) is 0. The summed E-state index contributed by atoms with van der Waals surface area (Å²) in [7, 11) is 0. The third-order valence-corrected chi connectivity index (χ3v) is 2.85. The predicted octanol–water partition coefficient (Wildman–Crippen LogP) is 3.89. The highest BCUT2D eigenvalue weighted by Crippen LogP contribution is 2.33. The van der Waals surface area contributed by atoms with Gasteiger partial charge in [-0.3, -0.25) is 0 Å². The van der Waals surface area contributed by atoms with Gasteiger partial charge in [0.05, 0.1) is 0 Å². The summed E-state index contributed by atoms with van der Waals surface area (Å²) in [6.45, 7) is 0. The maximum atomic E-state index is 6.06. The molecule has 0 fully saturated rings. The van der Waals surface area contributed by atoms with Crippen molar-refractivity contribution in [3.05, 3.63) is 54.1 Å². The van der Waals surface area contributed by atoms with Crippen LogP contribution in [-0.2, 0) is 0 Å². The van der Waals surface area contributed by atoms with Crippen LogP contribution in [0.15, 0.2) is 48.6 Å². The van der Waals surface area contributed by atoms with E-state index in [1.165, 1.54) is 11.1 Å². The Morgan fingerprint density at radius 1 is 1.21 bits per heavy atom. The Morgan fingerprint density at radius 2 is 1.93 bits per heavy atom. The summed E-state index contributed by atoms with van der Waals surface area (Å²) in [6, 6.07) is 10.3. The van der Waals surface area contributed by atoms with Gasteiger partial charge >= 0.3 is 0 Å². The van der Waals surface area contributed by atoms with Crippen LogP contribution in [-0.4, -0.2) is 4.21 Å². The van der Waals surface area contributed by atoms with Crippen LogP contribution in [0.1, 0.15) is 12.0 Å². The minimum Gasteiger partial charge on any atom is -0.152 e. The molecular formula is C12H11ClS. The molecule has 1 aromatic rings. The second-order valence-electron chi connectivity index (χ2n) is 3.38. The second-order valence-corrected chi connectivity index (χ2v) is 5.12. The zero-order valence-electron chi connectivity index (χ0n) is 7.65. The molecule has 0 spiro atoms. The molecule has 1 aliphatic rings. The molecule has 1 aliphatic carbocycles. The van der Waals surface area contributed by atoms with Crippen LogP contribution in [0.3, 0.4) is 0 Å². The van der Waals surface area contributed by atoms with E-state index < -0.39 is 4.21 Å². The van der Waals surface area contributed by atoms with Gasteiger partial charge in [0.2, 0.25) is 0 Å². The summed E-state index contributed by atoms with van der Waals surface area (Å²) >= 11 is 10.4. The smallest absolute Gasteiger partial charge is 0.109 e. The molecule has 1 unspecified atom stereocenters. The molecule has 72 valence electrons. The molecule has 0 N–H and O–H groups in total. The van der Waals surface area contributed by atoms with Crippen LogP contribution in [0, 0.1) is 0 Å². The topological polar surface area (TPSA) is 0 Å². The predicted molar refractivity (Wildman–Crippen MR) is 65.7 cm³/mol. The van der Waals surface area contributed by atoms with Crippen molar-refractivity contribution < 1.29 is 0 Å². The zero-order valence-corrected chi connectivity index (χ0v) is 9.30. The van der Waals surface area contributed by atoms with E-state index in [0.29, 0.717) is 0 Å². The number of rotatable bonds is 1. The molecule has 0 aromatic heterocycles. The molecule has 0 amide bonds. The van der Waals surface area contributed by atoms with E-state index in [1.807, 2.05) is 30.4 Å². The number of hydrogen-bond donors (Lipinski definition) is 1. The van der Waals surface area contributed by atoms with Gasteiger partial charge in [0.25, 0.3) is 0 Å². The van der Waals surface area contributed by atoms with Gasteiger partial charge in [0.1, 0.15) is 4.21 Å². The van der Waals surface area contributed by atoms with E-state index in [4.69, 9.17) is 11.6 Å². The average molecular weight is 223 g/mol. The highest BCUT2D eigenvalue weighted by molar-refractivity contribution is 7.83. The number of alkyl halides is 1.